The van der Waals surface area contributed by atoms with Crippen LogP contribution in [0.15, 0.2) is 186 Å². The van der Waals surface area contributed by atoms with Gasteiger partial charge in [0.2, 0.25) is 0 Å². The van der Waals surface area contributed by atoms with Gasteiger partial charge in [0.15, 0.2) is 9.84 Å². The number of thiol groups is 2. The Hall–Kier alpha value is -4.03. The maximum Gasteiger partial charge on any atom is 0.181 e. The quantitative estimate of drug-likeness (QED) is 0.139. The Bertz CT molecular complexity index is 2050. The molecule has 6 aromatic rings. The van der Waals surface area contributed by atoms with E-state index in [1.165, 1.54) is 46.7 Å². The number of sulfone groups is 1. The third-order valence-corrected chi connectivity index (χ3v) is 17.0. The molecule has 2 nitrogen and oxygen atoms in total. The van der Waals surface area contributed by atoms with Crippen molar-refractivity contribution >= 4 is 31.6 Å². The lowest BCUT2D eigenvalue weighted by Crippen LogP contribution is -2.24. The molecule has 0 amide bonds. The zero-order chi connectivity index (χ0) is 34.5. The second-order valence-corrected chi connectivity index (χ2v) is 20.2. The third kappa shape index (κ3) is 7.81. The van der Waals surface area contributed by atoms with Crippen LogP contribution in [-0.2, 0) is 16.3 Å². The van der Waals surface area contributed by atoms with Gasteiger partial charge in [0.1, 0.15) is 0 Å². The number of hydrogen-bond acceptors (Lipinski definition) is 2. The fourth-order valence-corrected chi connectivity index (χ4v) is 13.3. The summed E-state index contributed by atoms with van der Waals surface area (Å²) in [5, 5.41) is -0.245. The first-order chi connectivity index (χ1) is 24.3. The van der Waals surface area contributed by atoms with Crippen LogP contribution in [0.25, 0.3) is 0 Å². The van der Waals surface area contributed by atoms with Gasteiger partial charge in [-0.15, -0.1) is 0 Å². The summed E-state index contributed by atoms with van der Waals surface area (Å²) in [5.74, 6) is 0. The third-order valence-electron chi connectivity index (χ3n) is 9.81. The minimum atomic E-state index is -3.30. The first-order valence-corrected chi connectivity index (χ1v) is 21.9. The summed E-state index contributed by atoms with van der Waals surface area (Å²) in [5.41, 5.74) is 5.13. The normalized spacial score (nSPS) is 15.0. The van der Waals surface area contributed by atoms with E-state index in [0.29, 0.717) is 4.90 Å². The molecule has 5 heteroatoms. The maximum absolute atomic E-state index is 13.4. The summed E-state index contributed by atoms with van der Waals surface area (Å²) in [6.07, 6.45) is 5.57. The summed E-state index contributed by atoms with van der Waals surface area (Å²) >= 11 is 0. The Labute approximate surface area is 304 Å². The Morgan fingerprint density at radius 2 is 0.820 bits per heavy atom. The van der Waals surface area contributed by atoms with E-state index < -0.39 is 31.6 Å². The number of benzene rings is 6. The topological polar surface area (TPSA) is 34.1 Å². The van der Waals surface area contributed by atoms with Crippen molar-refractivity contribution in [2.45, 2.75) is 91.9 Å². The molecule has 0 radical (unpaired) electrons. The van der Waals surface area contributed by atoms with Crippen LogP contribution in [0.4, 0.5) is 0 Å². The molecule has 1 atom stereocenters. The van der Waals surface area contributed by atoms with Crippen molar-refractivity contribution in [2.24, 2.45) is 0 Å². The van der Waals surface area contributed by atoms with Crippen LogP contribution < -0.4 is 0 Å². The molecule has 1 unspecified atom stereocenters. The zero-order valence-corrected chi connectivity index (χ0v) is 31.5. The van der Waals surface area contributed by atoms with Crippen molar-refractivity contribution in [1.29, 1.82) is 0 Å². The fraction of sp³-hybridized carbons (Fsp3) is 0.200. The summed E-state index contributed by atoms with van der Waals surface area (Å²) in [7, 11) is -4.78. The average molecular weight is 715 g/mol. The lowest BCUT2D eigenvalue weighted by atomic mass is 10.0. The van der Waals surface area contributed by atoms with Crippen LogP contribution >= 0.6 is 21.8 Å². The van der Waals surface area contributed by atoms with E-state index in [4.69, 9.17) is 0 Å². The Kier molecular flexibility index (Phi) is 10.6. The molecule has 1 fully saturated rings. The minimum Gasteiger partial charge on any atom is -0.223 e. The van der Waals surface area contributed by atoms with Crippen LogP contribution in [0.3, 0.4) is 0 Å². The Balaban J connectivity index is 1.11. The molecule has 0 N–H and O–H groups in total. The molecule has 0 bridgehead atoms. The molecular weight excluding hydrogens is 669 g/mol. The van der Waals surface area contributed by atoms with Crippen molar-refractivity contribution in [3.05, 3.63) is 174 Å². The van der Waals surface area contributed by atoms with Gasteiger partial charge in [-0.05, 0) is 159 Å². The van der Waals surface area contributed by atoms with Gasteiger partial charge in [0.05, 0.1) is 10.1 Å². The lowest BCUT2D eigenvalue weighted by Gasteiger charge is -2.25. The summed E-state index contributed by atoms with van der Waals surface area (Å²) in [6.45, 7) is 4.29. The Morgan fingerprint density at radius 3 is 1.24 bits per heavy atom. The van der Waals surface area contributed by atoms with Gasteiger partial charge >= 0.3 is 0 Å². The fourth-order valence-electron chi connectivity index (χ4n) is 6.97. The highest BCUT2D eigenvalue weighted by molar-refractivity contribution is 8.17. The monoisotopic (exact) mass is 714 g/mol. The molecule has 0 saturated heterocycles. The molecule has 7 rings (SSSR count). The molecular formula is C45H46O2S3. The molecule has 1 aliphatic carbocycles. The van der Waals surface area contributed by atoms with Crippen LogP contribution in [-0.4, -0.2) is 13.7 Å². The molecule has 6 aromatic carbocycles. The average Bonchev–Trinajstić information content (AvgIpc) is 3.16. The van der Waals surface area contributed by atoms with Crippen molar-refractivity contribution in [3.63, 3.8) is 0 Å². The highest BCUT2D eigenvalue weighted by atomic mass is 32.2. The number of rotatable bonds is 10. The second kappa shape index (κ2) is 15.5. The summed E-state index contributed by atoms with van der Waals surface area (Å²) < 4.78 is 26.8. The van der Waals surface area contributed by atoms with Crippen molar-refractivity contribution in [3.8, 4) is 0 Å². The van der Waals surface area contributed by atoms with E-state index in [2.05, 4.69) is 141 Å². The van der Waals surface area contributed by atoms with Gasteiger partial charge in [-0.3, -0.25) is 0 Å². The van der Waals surface area contributed by atoms with Crippen molar-refractivity contribution in [2.75, 3.05) is 0 Å². The SMILES string of the molecule is Cc1ccc([SH](c2ccc(C)cc2)c2ccc(Cc3ccc([SH](c4ccccc4)c4ccc(S(=O)(=O)C5CCCCC5)cc4)cc3)cc2)cc1. The molecule has 256 valence electrons. The molecule has 1 saturated carbocycles. The maximum atomic E-state index is 13.4. The first kappa shape index (κ1) is 34.4. The molecule has 0 aromatic heterocycles. The van der Waals surface area contributed by atoms with Gasteiger partial charge in [0, 0.05) is 0 Å². The highest BCUT2D eigenvalue weighted by Crippen LogP contribution is 2.52. The predicted molar refractivity (Wildman–Crippen MR) is 213 cm³/mol. The highest BCUT2D eigenvalue weighted by Gasteiger charge is 2.29. The smallest absolute Gasteiger partial charge is 0.181 e. The van der Waals surface area contributed by atoms with Crippen LogP contribution in [0.1, 0.15) is 54.4 Å². The Morgan fingerprint density at radius 1 is 0.460 bits per heavy atom. The van der Waals surface area contributed by atoms with E-state index in [9.17, 15) is 8.42 Å². The van der Waals surface area contributed by atoms with Crippen LogP contribution in [0.5, 0.6) is 0 Å². The second-order valence-electron chi connectivity index (χ2n) is 13.5. The lowest BCUT2D eigenvalue weighted by molar-refractivity contribution is 0.483. The molecule has 1 aliphatic rings. The molecule has 0 aliphatic heterocycles. The number of hydrogen-bond donors (Lipinski definition) is 2. The van der Waals surface area contributed by atoms with Gasteiger partial charge in [0.25, 0.3) is 0 Å². The van der Waals surface area contributed by atoms with Gasteiger partial charge in [-0.1, -0.05) is 97.1 Å². The van der Waals surface area contributed by atoms with Gasteiger partial charge in [-0.25, -0.2) is 8.42 Å². The van der Waals surface area contributed by atoms with Crippen LogP contribution in [0, 0.1) is 13.8 Å². The van der Waals surface area contributed by atoms with Gasteiger partial charge in [-0.2, -0.15) is 21.8 Å². The van der Waals surface area contributed by atoms with E-state index in [1.807, 2.05) is 24.3 Å². The van der Waals surface area contributed by atoms with Crippen molar-refractivity contribution in [1.82, 2.24) is 0 Å². The van der Waals surface area contributed by atoms with E-state index in [1.54, 1.807) is 0 Å². The largest absolute Gasteiger partial charge is 0.223 e. The first-order valence-electron chi connectivity index (χ1n) is 17.7. The summed E-state index contributed by atoms with van der Waals surface area (Å²) in [6, 6.07) is 54.7. The predicted octanol–water partition coefficient (Wildman–Crippen LogP) is 12.0. The zero-order valence-electron chi connectivity index (χ0n) is 28.9. The summed E-state index contributed by atoms with van der Waals surface area (Å²) in [4.78, 5) is 8.24. The van der Waals surface area contributed by atoms with Gasteiger partial charge < -0.3 is 0 Å². The molecule has 50 heavy (non-hydrogen) atoms. The van der Waals surface area contributed by atoms with E-state index in [-0.39, 0.29) is 5.25 Å². The minimum absolute atomic E-state index is 0.245. The van der Waals surface area contributed by atoms with E-state index in [0.717, 1.165) is 43.4 Å². The number of aryl methyl sites for hydroxylation is 2. The van der Waals surface area contributed by atoms with Crippen molar-refractivity contribution < 1.29 is 8.42 Å². The molecule has 0 heterocycles. The van der Waals surface area contributed by atoms with E-state index >= 15 is 0 Å². The standard InChI is InChI=1S/C45H46O2S3/c1-34-13-21-39(22-14-34)49(40-23-15-35(2)16-24-40)42-27-19-37(20-28-42)33-36-17-25-41(26-18-36)48(38-9-5-3-6-10-38)43-29-31-45(32-30-43)50(46,47)44-11-7-4-8-12-44/h3,5-6,9-10,13-32,44,48-49H,4,7-8,11-12,33H2,1-2H3. The van der Waals surface area contributed by atoms with Crippen LogP contribution in [0.2, 0.25) is 0 Å². The molecule has 0 spiro atoms.